The van der Waals surface area contributed by atoms with E-state index >= 15 is 0 Å². The van der Waals surface area contributed by atoms with Gasteiger partial charge in [-0.15, -0.1) is 0 Å². The molecule has 0 saturated heterocycles. The molecule has 0 amide bonds. The molecule has 0 aliphatic heterocycles. The first kappa shape index (κ1) is 21.6. The number of furan rings is 1. The zero-order chi connectivity index (χ0) is 51.5. The molecule has 11 rings (SSSR count). The van der Waals surface area contributed by atoms with Crippen molar-refractivity contribution in [2.75, 3.05) is 4.90 Å². The molecule has 2 nitrogen and oxygen atoms in total. The number of rotatable bonds is 7. The molecule has 0 radical (unpaired) electrons. The van der Waals surface area contributed by atoms with Gasteiger partial charge in [0.1, 0.15) is 11.2 Å². The highest BCUT2D eigenvalue weighted by Gasteiger charge is 2.20. The van der Waals surface area contributed by atoms with E-state index in [1.54, 1.807) is 11.0 Å². The summed E-state index contributed by atoms with van der Waals surface area (Å²) in [4.78, 5) is 1.63. The SMILES string of the molecule is [2H]c1c([2H])c([2H])c(-c2c([2H])c([2H])c3c([2H])c(-c4c([2H])c([2H])c(N(c5ccc6c(c5)oc5c(-c7ccccc7)cccc56)c5ccc(-c6ccccc6)c6ccccc56)c([2H])c4[2H])c([2H])c([2H])c3c2[2H])c([2H])c1[2H]. The third-order valence-corrected chi connectivity index (χ3v) is 10.3. The van der Waals surface area contributed by atoms with E-state index in [2.05, 4.69) is 0 Å². The molecule has 0 atom stereocenters. The first-order valence-corrected chi connectivity index (χ1v) is 18.6. The van der Waals surface area contributed by atoms with Gasteiger partial charge in [-0.25, -0.2) is 0 Å². The van der Waals surface area contributed by atoms with Crippen molar-refractivity contribution in [2.45, 2.75) is 0 Å². The average Bonchev–Trinajstić information content (AvgIpc) is 3.79. The van der Waals surface area contributed by atoms with Gasteiger partial charge in [-0.1, -0.05) is 176 Å². The number of anilines is 3. The van der Waals surface area contributed by atoms with E-state index in [0.717, 1.165) is 38.4 Å². The van der Waals surface area contributed by atoms with Crippen LogP contribution in [0.4, 0.5) is 17.1 Å². The zero-order valence-electron chi connectivity index (χ0n) is 45.6. The van der Waals surface area contributed by atoms with Crippen molar-refractivity contribution in [1.29, 1.82) is 0 Å². The van der Waals surface area contributed by atoms with Gasteiger partial charge in [0.05, 0.1) is 26.2 Å². The number of fused-ring (bicyclic) bond motifs is 5. The number of benzene rings is 10. The standard InChI is InChI=1S/C56H37NO/c1-4-13-38(14-5-1)42-23-25-45-36-43(24-26-44(45)35-42)39-27-29-46(30-28-39)57(54-34-33-48(40-15-6-2-7-16-40)50-19-10-11-20-51(50)54)47-31-32-52-53-22-12-21-49(41-17-8-3-9-18-41)56(53)58-55(52)37-47/h1-37H/i1D,4D,5D,13D,14D,23D,24D,25D,26D,27D,28D,29D,30D,35D,36D. The molecule has 0 saturated carbocycles. The molecule has 58 heavy (non-hydrogen) atoms. The van der Waals surface area contributed by atoms with Crippen molar-refractivity contribution in [3.8, 4) is 44.5 Å². The van der Waals surface area contributed by atoms with Crippen LogP contribution in [0.3, 0.4) is 0 Å². The molecule has 0 unspecified atom stereocenters. The van der Waals surface area contributed by atoms with Crippen LogP contribution in [-0.4, -0.2) is 0 Å². The zero-order valence-corrected chi connectivity index (χ0v) is 30.6. The lowest BCUT2D eigenvalue weighted by Gasteiger charge is -2.27. The third-order valence-electron chi connectivity index (χ3n) is 10.3. The molecule has 1 heterocycles. The van der Waals surface area contributed by atoms with Gasteiger partial charge in [-0.2, -0.15) is 0 Å². The van der Waals surface area contributed by atoms with Crippen LogP contribution in [0.5, 0.6) is 0 Å². The average molecular weight is 755 g/mol. The normalized spacial score (nSPS) is 15.1. The highest BCUT2D eigenvalue weighted by molar-refractivity contribution is 6.11. The molecule has 11 aromatic rings. The Morgan fingerprint density at radius 1 is 0.379 bits per heavy atom. The Bertz CT molecular complexity index is 4100. The van der Waals surface area contributed by atoms with Gasteiger partial charge < -0.3 is 9.32 Å². The minimum atomic E-state index is -0.790. The van der Waals surface area contributed by atoms with Crippen molar-refractivity contribution in [1.82, 2.24) is 0 Å². The molecule has 0 spiro atoms. The fourth-order valence-corrected chi connectivity index (χ4v) is 7.55. The molecule has 0 bridgehead atoms. The first-order chi connectivity index (χ1) is 35.0. The fraction of sp³-hybridized carbons (Fsp3) is 0. The van der Waals surface area contributed by atoms with Crippen LogP contribution in [0.25, 0.3) is 88.0 Å². The van der Waals surface area contributed by atoms with Crippen LogP contribution in [0.2, 0.25) is 0 Å². The largest absolute Gasteiger partial charge is 0.455 e. The van der Waals surface area contributed by atoms with Crippen LogP contribution in [0, 0.1) is 0 Å². The Hall–Kier alpha value is -7.68. The van der Waals surface area contributed by atoms with Crippen LogP contribution < -0.4 is 4.90 Å². The van der Waals surface area contributed by atoms with E-state index < -0.39 is 124 Å². The second-order valence-electron chi connectivity index (χ2n) is 13.7. The molecule has 2 heteroatoms. The molecular weight excluding hydrogens is 703 g/mol. The summed E-state index contributed by atoms with van der Waals surface area (Å²) in [5, 5.41) is 2.20. The molecular formula is C56H37NO. The second kappa shape index (κ2) is 14.1. The maximum Gasteiger partial charge on any atom is 0.143 e. The van der Waals surface area contributed by atoms with Crippen molar-refractivity contribution in [3.05, 3.63) is 224 Å². The minimum Gasteiger partial charge on any atom is -0.455 e. The lowest BCUT2D eigenvalue weighted by Crippen LogP contribution is -2.10. The molecule has 0 aliphatic rings. The number of para-hydroxylation sites is 1. The van der Waals surface area contributed by atoms with E-state index in [-0.39, 0.29) is 5.69 Å². The van der Waals surface area contributed by atoms with Crippen molar-refractivity contribution >= 4 is 60.5 Å². The summed E-state index contributed by atoms with van der Waals surface area (Å²) >= 11 is 0. The van der Waals surface area contributed by atoms with Crippen molar-refractivity contribution in [3.63, 3.8) is 0 Å². The summed E-state index contributed by atoms with van der Waals surface area (Å²) in [7, 11) is 0. The Balaban J connectivity index is 1.16. The molecule has 1 aromatic heterocycles. The Morgan fingerprint density at radius 3 is 1.69 bits per heavy atom. The summed E-state index contributed by atoms with van der Waals surface area (Å²) in [5.74, 6) is 0. The molecule has 10 aromatic carbocycles. The van der Waals surface area contributed by atoms with Gasteiger partial charge in [0.2, 0.25) is 0 Å². The van der Waals surface area contributed by atoms with E-state index in [1.807, 2.05) is 127 Å². The summed E-state index contributed by atoms with van der Waals surface area (Å²) < 4.78 is 142. The Labute approximate surface area is 358 Å². The van der Waals surface area contributed by atoms with Crippen LogP contribution >= 0.6 is 0 Å². The van der Waals surface area contributed by atoms with Gasteiger partial charge >= 0.3 is 0 Å². The molecule has 0 N–H and O–H groups in total. The monoisotopic (exact) mass is 754 g/mol. The molecule has 0 fully saturated rings. The maximum absolute atomic E-state index is 9.79. The van der Waals surface area contributed by atoms with Crippen LogP contribution in [0.15, 0.2) is 229 Å². The van der Waals surface area contributed by atoms with E-state index in [9.17, 15) is 11.0 Å². The number of hydrogen-bond acceptors (Lipinski definition) is 2. The topological polar surface area (TPSA) is 16.4 Å². The van der Waals surface area contributed by atoms with Gasteiger partial charge in [0.25, 0.3) is 0 Å². The molecule has 272 valence electrons. The Kier molecular flexibility index (Phi) is 5.25. The van der Waals surface area contributed by atoms with E-state index in [1.165, 1.54) is 0 Å². The lowest BCUT2D eigenvalue weighted by molar-refractivity contribution is 0.670. The van der Waals surface area contributed by atoms with Crippen molar-refractivity contribution in [2.24, 2.45) is 0 Å². The highest BCUT2D eigenvalue weighted by atomic mass is 16.3. The summed E-state index contributed by atoms with van der Waals surface area (Å²) in [6, 6.07) is 31.7. The fourth-order valence-electron chi connectivity index (χ4n) is 7.55. The summed E-state index contributed by atoms with van der Waals surface area (Å²) in [6.45, 7) is 0. The predicted octanol–water partition coefficient (Wildman–Crippen LogP) is 16.0. The van der Waals surface area contributed by atoms with Crippen molar-refractivity contribution < 1.29 is 25.0 Å². The maximum atomic E-state index is 9.79. The smallest absolute Gasteiger partial charge is 0.143 e. The van der Waals surface area contributed by atoms with Crippen LogP contribution in [-0.2, 0) is 0 Å². The summed E-state index contributed by atoms with van der Waals surface area (Å²) in [5.41, 5.74) is 3.34. The van der Waals surface area contributed by atoms with Gasteiger partial charge in [-0.05, 0) is 97.5 Å². The van der Waals surface area contributed by atoms with E-state index in [0.29, 0.717) is 27.9 Å². The number of nitrogens with zero attached hydrogens (tertiary/aromatic N) is 1. The van der Waals surface area contributed by atoms with Gasteiger partial charge in [0, 0.05) is 39.2 Å². The third kappa shape index (κ3) is 5.91. The van der Waals surface area contributed by atoms with Gasteiger partial charge in [-0.3, -0.25) is 0 Å². The number of hydrogen-bond donors (Lipinski definition) is 0. The second-order valence-corrected chi connectivity index (χ2v) is 13.7. The van der Waals surface area contributed by atoms with E-state index in [4.69, 9.17) is 14.0 Å². The summed E-state index contributed by atoms with van der Waals surface area (Å²) in [6.07, 6.45) is 0. The first-order valence-electron chi connectivity index (χ1n) is 26.1. The lowest BCUT2D eigenvalue weighted by atomic mass is 9.96. The highest BCUT2D eigenvalue weighted by Crippen LogP contribution is 2.45. The Morgan fingerprint density at radius 2 is 0.983 bits per heavy atom. The molecule has 0 aliphatic carbocycles. The van der Waals surface area contributed by atoms with Gasteiger partial charge in [0.15, 0.2) is 0 Å². The minimum absolute atomic E-state index is 0.187. The predicted molar refractivity (Wildman–Crippen MR) is 245 cm³/mol. The van der Waals surface area contributed by atoms with Crippen LogP contribution in [0.1, 0.15) is 20.6 Å². The quantitative estimate of drug-likeness (QED) is 0.161.